The molecule has 0 aromatic carbocycles. The Bertz CT molecular complexity index is 561. The molecule has 4 rings (SSSR count). The lowest BCUT2D eigenvalue weighted by molar-refractivity contribution is 0.226. The summed E-state index contributed by atoms with van der Waals surface area (Å²) in [5.41, 5.74) is 1.06. The number of fused-ring (bicyclic) bond motifs is 4. The lowest BCUT2D eigenvalue weighted by atomic mass is 9.97. The molecule has 3 aliphatic heterocycles. The van der Waals surface area contributed by atoms with Gasteiger partial charge in [-0.15, -0.1) is 0 Å². The topological polar surface area (TPSA) is 53.5 Å². The molecule has 2 atom stereocenters. The van der Waals surface area contributed by atoms with Gasteiger partial charge in [-0.05, 0) is 30.9 Å². The number of hydrogen-bond donors (Lipinski definition) is 0. The smallest absolute Gasteiger partial charge is 0.211 e. The van der Waals surface area contributed by atoms with Crippen molar-refractivity contribution in [2.24, 2.45) is 5.92 Å². The van der Waals surface area contributed by atoms with Gasteiger partial charge in [0.2, 0.25) is 10.0 Å². The summed E-state index contributed by atoms with van der Waals surface area (Å²) in [5.74, 6) is 0.451. The van der Waals surface area contributed by atoms with Crippen molar-refractivity contribution in [1.82, 2.24) is 14.2 Å². The van der Waals surface area contributed by atoms with Gasteiger partial charge in [-0.2, -0.15) is 4.31 Å². The van der Waals surface area contributed by atoms with Crippen LogP contribution in [0, 0.1) is 5.92 Å². The largest absolute Gasteiger partial charge is 0.296 e. The molecule has 4 heterocycles. The van der Waals surface area contributed by atoms with E-state index in [4.69, 9.17) is 0 Å². The van der Waals surface area contributed by atoms with E-state index in [2.05, 4.69) is 9.88 Å². The molecule has 3 fully saturated rings. The van der Waals surface area contributed by atoms with Gasteiger partial charge >= 0.3 is 0 Å². The van der Waals surface area contributed by atoms with Crippen molar-refractivity contribution < 1.29 is 8.42 Å². The average Bonchev–Trinajstić information content (AvgIpc) is 2.69. The fraction of sp³-hybridized carbons (Fsp3) is 0.643. The van der Waals surface area contributed by atoms with Crippen LogP contribution in [0.3, 0.4) is 0 Å². The molecule has 0 unspecified atom stereocenters. The molecule has 0 aliphatic carbocycles. The fourth-order valence-corrected chi connectivity index (χ4v) is 4.59. The quantitative estimate of drug-likeness (QED) is 0.833. The van der Waals surface area contributed by atoms with Crippen LogP contribution in [0.25, 0.3) is 0 Å². The number of pyridine rings is 1. The highest BCUT2D eigenvalue weighted by Gasteiger charge is 2.38. The Hall–Kier alpha value is -0.980. The fourth-order valence-electron chi connectivity index (χ4n) is 3.39. The number of nitrogens with zero attached hydrogens (tertiary/aromatic N) is 3. The average molecular weight is 295 g/mol. The van der Waals surface area contributed by atoms with Crippen molar-refractivity contribution in [3.05, 3.63) is 30.1 Å². The van der Waals surface area contributed by atoms with E-state index in [-0.39, 0.29) is 6.04 Å². The van der Waals surface area contributed by atoms with Crippen LogP contribution in [0.1, 0.15) is 18.5 Å². The van der Waals surface area contributed by atoms with Crippen molar-refractivity contribution >= 4 is 10.0 Å². The van der Waals surface area contributed by atoms with Crippen molar-refractivity contribution in [2.75, 3.05) is 25.9 Å². The number of rotatable bonds is 3. The minimum Gasteiger partial charge on any atom is -0.296 e. The molecular weight excluding hydrogens is 274 g/mol. The zero-order chi connectivity index (χ0) is 14.2. The van der Waals surface area contributed by atoms with E-state index >= 15 is 0 Å². The summed E-state index contributed by atoms with van der Waals surface area (Å²) in [6.45, 7) is 3.28. The first-order valence-electron chi connectivity index (χ1n) is 7.11. The second kappa shape index (κ2) is 5.42. The van der Waals surface area contributed by atoms with Crippen LogP contribution in [0.2, 0.25) is 0 Å². The van der Waals surface area contributed by atoms with Crippen LogP contribution in [-0.4, -0.2) is 54.5 Å². The van der Waals surface area contributed by atoms with E-state index < -0.39 is 10.0 Å². The molecule has 6 heteroatoms. The van der Waals surface area contributed by atoms with Crippen molar-refractivity contribution in [3.8, 4) is 0 Å². The van der Waals surface area contributed by atoms with Crippen LogP contribution < -0.4 is 0 Å². The third-order valence-electron chi connectivity index (χ3n) is 4.28. The maximum absolute atomic E-state index is 11.9. The molecule has 1 aromatic heterocycles. The minimum absolute atomic E-state index is 0.132. The number of piperidine rings is 1. The lowest BCUT2D eigenvalue weighted by Crippen LogP contribution is -2.46. The van der Waals surface area contributed by atoms with Crippen LogP contribution in [0.15, 0.2) is 24.4 Å². The Morgan fingerprint density at radius 2 is 2.10 bits per heavy atom. The lowest BCUT2D eigenvalue weighted by Gasteiger charge is -2.33. The molecule has 0 radical (unpaired) electrons. The van der Waals surface area contributed by atoms with Gasteiger partial charge in [0.05, 0.1) is 11.9 Å². The molecule has 2 bridgehead atoms. The Morgan fingerprint density at radius 3 is 2.80 bits per heavy atom. The molecule has 1 aromatic rings. The standard InChI is InChI=1S/C14H21N3O2S/c1-20(18,19)17-9-12-5-6-14(17)11-16(8-12)10-13-4-2-3-7-15-13/h2-4,7,12,14H,5-6,8-11H2,1H3/t12-,14+/m0/s1. The molecule has 20 heavy (non-hydrogen) atoms. The summed E-state index contributed by atoms with van der Waals surface area (Å²) in [4.78, 5) is 6.73. The number of hydrogen-bond acceptors (Lipinski definition) is 4. The highest BCUT2D eigenvalue weighted by molar-refractivity contribution is 7.88. The van der Waals surface area contributed by atoms with Gasteiger partial charge < -0.3 is 0 Å². The molecule has 0 spiro atoms. The van der Waals surface area contributed by atoms with Crippen LogP contribution in [0.5, 0.6) is 0 Å². The maximum Gasteiger partial charge on any atom is 0.211 e. The third kappa shape index (κ3) is 3.02. The van der Waals surface area contributed by atoms with Crippen molar-refractivity contribution in [3.63, 3.8) is 0 Å². The molecular formula is C14H21N3O2S. The van der Waals surface area contributed by atoms with Crippen molar-refractivity contribution in [2.45, 2.75) is 25.4 Å². The highest BCUT2D eigenvalue weighted by Crippen LogP contribution is 2.30. The first-order valence-corrected chi connectivity index (χ1v) is 8.96. The minimum atomic E-state index is -3.09. The molecule has 3 saturated heterocycles. The first-order chi connectivity index (χ1) is 9.52. The maximum atomic E-state index is 11.9. The number of aromatic nitrogens is 1. The predicted octanol–water partition coefficient (Wildman–Crippen LogP) is 0.937. The zero-order valence-electron chi connectivity index (χ0n) is 11.8. The summed E-state index contributed by atoms with van der Waals surface area (Å²) in [7, 11) is -3.09. The SMILES string of the molecule is CS(=O)(=O)N1C[C@H]2CC[C@@H]1CN(Cc1ccccn1)C2. The van der Waals surface area contributed by atoms with E-state index in [0.29, 0.717) is 12.5 Å². The van der Waals surface area contributed by atoms with Crippen LogP contribution >= 0.6 is 0 Å². The molecule has 3 aliphatic rings. The first kappa shape index (κ1) is 14.0. The van der Waals surface area contributed by atoms with E-state index in [1.807, 2.05) is 24.4 Å². The molecule has 0 saturated carbocycles. The normalized spacial score (nSPS) is 28.4. The van der Waals surface area contributed by atoms with Gasteiger partial charge in [0, 0.05) is 38.4 Å². The number of sulfonamides is 1. The summed E-state index contributed by atoms with van der Waals surface area (Å²) >= 11 is 0. The van der Waals surface area contributed by atoms with E-state index in [1.54, 1.807) is 4.31 Å². The van der Waals surface area contributed by atoms with E-state index in [9.17, 15) is 8.42 Å². The molecule has 0 N–H and O–H groups in total. The Kier molecular flexibility index (Phi) is 3.79. The molecule has 110 valence electrons. The second-order valence-corrected chi connectivity index (χ2v) is 7.88. The zero-order valence-corrected chi connectivity index (χ0v) is 12.6. The van der Waals surface area contributed by atoms with E-state index in [0.717, 1.165) is 38.2 Å². The third-order valence-corrected chi connectivity index (χ3v) is 5.58. The second-order valence-electron chi connectivity index (χ2n) is 5.95. The molecule has 0 amide bonds. The summed E-state index contributed by atoms with van der Waals surface area (Å²) in [6.07, 6.45) is 5.26. The predicted molar refractivity (Wildman–Crippen MR) is 77.6 cm³/mol. The molecule has 5 nitrogen and oxygen atoms in total. The Labute approximate surface area is 120 Å². The monoisotopic (exact) mass is 295 g/mol. The van der Waals surface area contributed by atoms with Gasteiger partial charge in [-0.1, -0.05) is 6.07 Å². The van der Waals surface area contributed by atoms with Gasteiger partial charge in [0.15, 0.2) is 0 Å². The Balaban J connectivity index is 1.75. The van der Waals surface area contributed by atoms with Crippen LogP contribution in [0.4, 0.5) is 0 Å². The van der Waals surface area contributed by atoms with Gasteiger partial charge in [-0.3, -0.25) is 9.88 Å². The van der Waals surface area contributed by atoms with Crippen molar-refractivity contribution in [1.29, 1.82) is 0 Å². The summed E-state index contributed by atoms with van der Waals surface area (Å²) in [5, 5.41) is 0. The highest BCUT2D eigenvalue weighted by atomic mass is 32.2. The van der Waals surface area contributed by atoms with Gasteiger partial charge in [-0.25, -0.2) is 8.42 Å². The Morgan fingerprint density at radius 1 is 1.25 bits per heavy atom. The summed E-state index contributed by atoms with van der Waals surface area (Å²) < 4.78 is 25.5. The van der Waals surface area contributed by atoms with Gasteiger partial charge in [0.25, 0.3) is 0 Å². The van der Waals surface area contributed by atoms with Crippen LogP contribution in [-0.2, 0) is 16.6 Å². The summed E-state index contributed by atoms with van der Waals surface area (Å²) in [6, 6.07) is 6.08. The van der Waals surface area contributed by atoms with Gasteiger partial charge in [0.1, 0.15) is 0 Å². The van der Waals surface area contributed by atoms with E-state index in [1.165, 1.54) is 6.26 Å².